The van der Waals surface area contributed by atoms with Crippen molar-refractivity contribution in [3.05, 3.63) is 72.3 Å². The Labute approximate surface area is 446 Å². The number of anilines is 2. The van der Waals surface area contributed by atoms with Crippen LogP contribution in [-0.2, 0) is 34.7 Å². The first-order valence-electron chi connectivity index (χ1n) is 27.3. The number of benzene rings is 2. The summed E-state index contributed by atoms with van der Waals surface area (Å²) in [5, 5.41) is 5.80. The molecule has 0 radical (unpaired) electrons. The molecule has 400 valence electrons. The lowest BCUT2D eigenvalue weighted by atomic mass is 9.65. The summed E-state index contributed by atoms with van der Waals surface area (Å²) in [6, 6.07) is 17.0. The number of nitrogens with zero attached hydrogens (tertiary/aromatic N) is 9. The zero-order chi connectivity index (χ0) is 53.4. The van der Waals surface area contributed by atoms with Gasteiger partial charge >= 0.3 is 6.09 Å². The van der Waals surface area contributed by atoms with Gasteiger partial charge in [0.2, 0.25) is 35.4 Å². The number of likely N-dealkylation sites (tertiary alicyclic amines) is 1. The van der Waals surface area contributed by atoms with E-state index in [2.05, 4.69) is 38.0 Å². The first kappa shape index (κ1) is 49.0. The number of carbonyl (C=O) groups excluding carboxylic acids is 5. The minimum atomic E-state index is -0.767. The van der Waals surface area contributed by atoms with E-state index in [4.69, 9.17) is 34.1 Å². The average Bonchev–Trinajstić information content (AvgIpc) is 4.16. The third-order valence-electron chi connectivity index (χ3n) is 17.4. The maximum absolute atomic E-state index is 13.5. The molecular formula is C58H65N11O8. The minimum absolute atomic E-state index is 0.0291. The third kappa shape index (κ3) is 8.24. The van der Waals surface area contributed by atoms with Gasteiger partial charge in [-0.1, -0.05) is 30.7 Å². The molecule has 3 saturated carbocycles. The van der Waals surface area contributed by atoms with Crippen molar-refractivity contribution in [2.75, 3.05) is 50.1 Å². The quantitative estimate of drug-likeness (QED) is 0.137. The number of aromatic nitrogens is 6. The molecule has 19 heteroatoms. The van der Waals surface area contributed by atoms with Gasteiger partial charge in [0.15, 0.2) is 0 Å². The number of pyridine rings is 2. The predicted octanol–water partition coefficient (Wildman–Crippen LogP) is 7.54. The van der Waals surface area contributed by atoms with Crippen molar-refractivity contribution in [1.82, 2.24) is 44.6 Å². The Morgan fingerprint density at radius 1 is 0.662 bits per heavy atom. The van der Waals surface area contributed by atoms with Crippen molar-refractivity contribution < 1.29 is 38.2 Å². The lowest BCUT2D eigenvalue weighted by Gasteiger charge is -2.46. The Bertz CT molecular complexity index is 3470. The molecular weight excluding hydrogens is 979 g/mol. The summed E-state index contributed by atoms with van der Waals surface area (Å²) in [6.45, 7) is 11.3. The van der Waals surface area contributed by atoms with E-state index >= 15 is 0 Å². The molecule has 6 aromatic rings. The van der Waals surface area contributed by atoms with Crippen LogP contribution in [0, 0.1) is 11.8 Å². The van der Waals surface area contributed by atoms with E-state index in [0.717, 1.165) is 106 Å². The molecule has 6 fully saturated rings. The lowest BCUT2D eigenvalue weighted by Crippen LogP contribution is -2.65. The standard InChI is InChI=1S/C31H36N6O5.C27H29N5O3/c1-17(19-11-25(38)32-13-19)41-27-26-23(33-16-37(26)20-7-8-20)12-22(34-27)18-6-9-21-24(10-18)35(5)28(39)31(21)14-36(15-31)29(40)42-30(2,3)4;1-15(17-11-23(33)28-13-17)35-25-24-21(29-14-32(24)18-5-6-18)12-20(30-25)16-4-7-19-22(10-16)31(2)26(34)27(19)8-3-9-27/h6,9-10,12,16-17,19-20H,7-8,11,13-15H2,1-5H3,(H,32,38);4,7,10,12,14-15,17-18H,3,5-6,8-9,11,13H2,1-2H3,(H,28,33)/t17-,19-;15-,17-/m11/s1. The van der Waals surface area contributed by atoms with Crippen LogP contribution in [0.1, 0.15) is 116 Å². The summed E-state index contributed by atoms with van der Waals surface area (Å²) in [6.07, 6.45) is 11.3. The van der Waals surface area contributed by atoms with Gasteiger partial charge in [-0.05, 0) is 109 Å². The first-order chi connectivity index (χ1) is 36.9. The average molecular weight is 1040 g/mol. The number of nitrogens with one attached hydrogen (secondary N) is 2. The number of imidazole rings is 2. The van der Waals surface area contributed by atoms with Gasteiger partial charge in [0, 0.05) is 99.5 Å². The number of hydrogen-bond acceptors (Lipinski definition) is 12. The van der Waals surface area contributed by atoms with Gasteiger partial charge in [-0.3, -0.25) is 19.2 Å². The van der Waals surface area contributed by atoms with Crippen LogP contribution < -0.4 is 29.9 Å². The molecule has 2 N–H and O–H groups in total. The van der Waals surface area contributed by atoms with Crippen LogP contribution in [0.4, 0.5) is 16.2 Å². The smallest absolute Gasteiger partial charge is 0.410 e. The Kier molecular flexibility index (Phi) is 11.3. The normalized spacial score (nSPS) is 22.6. The van der Waals surface area contributed by atoms with E-state index in [1.165, 1.54) is 0 Å². The summed E-state index contributed by atoms with van der Waals surface area (Å²) in [5.41, 5.74) is 8.83. The molecule has 5 amide bonds. The molecule has 0 unspecified atom stereocenters. The highest BCUT2D eigenvalue weighted by atomic mass is 16.6. The molecule has 3 aliphatic carbocycles. The molecule has 5 aliphatic heterocycles. The SMILES string of the molecule is C[C@@H](Oc1nc(-c2ccc3c(c2)N(C)C(=O)C32CCC2)cc2ncn(C3CC3)c12)[C@H]1CNC(=O)C1.C[C@@H](Oc1nc(-c2ccc3c(c2)N(C)C(=O)C32CN(C(=O)OC(C)(C)C)C2)cc2ncn(C3CC3)c12)[C@H]1CNC(=O)C1. The highest BCUT2D eigenvalue weighted by Crippen LogP contribution is 2.54. The van der Waals surface area contributed by atoms with E-state index in [9.17, 15) is 24.0 Å². The van der Waals surface area contributed by atoms with Crippen LogP contribution in [-0.4, -0.2) is 122 Å². The topological polar surface area (TPSA) is 208 Å². The van der Waals surface area contributed by atoms with Gasteiger partial charge in [0.25, 0.3) is 0 Å². The van der Waals surface area contributed by atoms with Crippen molar-refractivity contribution in [1.29, 1.82) is 0 Å². The summed E-state index contributed by atoms with van der Waals surface area (Å²) in [5.74, 6) is 1.54. The van der Waals surface area contributed by atoms with Gasteiger partial charge in [-0.2, -0.15) is 0 Å². The second-order valence-electron chi connectivity index (χ2n) is 23.9. The molecule has 2 spiro atoms. The van der Waals surface area contributed by atoms with Crippen LogP contribution in [0.25, 0.3) is 44.6 Å². The summed E-state index contributed by atoms with van der Waals surface area (Å²) in [7, 11) is 3.65. The van der Waals surface area contributed by atoms with Crippen LogP contribution >= 0.6 is 0 Å². The number of likely N-dealkylation sites (N-methyl/N-ethyl adjacent to an activating group) is 2. The van der Waals surface area contributed by atoms with Crippen LogP contribution in [0.15, 0.2) is 61.2 Å². The van der Waals surface area contributed by atoms with Crippen molar-refractivity contribution in [2.45, 2.75) is 133 Å². The van der Waals surface area contributed by atoms with Crippen LogP contribution in [0.2, 0.25) is 0 Å². The molecule has 77 heavy (non-hydrogen) atoms. The molecule has 2 aromatic carbocycles. The highest BCUT2D eigenvalue weighted by Gasteiger charge is 2.59. The van der Waals surface area contributed by atoms with Crippen LogP contribution in [0.3, 0.4) is 0 Å². The Balaban J connectivity index is 0.000000149. The summed E-state index contributed by atoms with van der Waals surface area (Å²) in [4.78, 5) is 87.2. The zero-order valence-electron chi connectivity index (χ0n) is 44.7. The van der Waals surface area contributed by atoms with Crippen molar-refractivity contribution in [3.8, 4) is 34.3 Å². The molecule has 0 bridgehead atoms. The Morgan fingerprint density at radius 3 is 1.52 bits per heavy atom. The summed E-state index contributed by atoms with van der Waals surface area (Å²) < 4.78 is 22.8. The predicted molar refractivity (Wildman–Crippen MR) is 287 cm³/mol. The first-order valence-corrected chi connectivity index (χ1v) is 27.3. The van der Waals surface area contributed by atoms with Gasteiger partial charge in [0.05, 0.1) is 40.5 Å². The van der Waals surface area contributed by atoms with Crippen LogP contribution in [0.5, 0.6) is 11.8 Å². The Morgan fingerprint density at radius 2 is 1.12 bits per heavy atom. The number of carbonyl (C=O) groups is 5. The molecule has 4 atom stereocenters. The second kappa shape index (κ2) is 17.7. The molecule has 4 aromatic heterocycles. The van der Waals surface area contributed by atoms with Crippen molar-refractivity contribution in [3.63, 3.8) is 0 Å². The maximum atomic E-state index is 13.5. The minimum Gasteiger partial charge on any atom is -0.473 e. The largest absolute Gasteiger partial charge is 0.473 e. The highest BCUT2D eigenvalue weighted by molar-refractivity contribution is 6.10. The summed E-state index contributed by atoms with van der Waals surface area (Å²) >= 11 is 0. The zero-order valence-corrected chi connectivity index (χ0v) is 44.7. The van der Waals surface area contributed by atoms with E-state index < -0.39 is 17.1 Å². The maximum Gasteiger partial charge on any atom is 0.410 e. The van der Waals surface area contributed by atoms with Crippen molar-refractivity contribution in [2.24, 2.45) is 11.8 Å². The van der Waals surface area contributed by atoms with Gasteiger partial charge in [-0.15, -0.1) is 0 Å². The molecule has 9 heterocycles. The second-order valence-corrected chi connectivity index (χ2v) is 23.9. The fourth-order valence-electron chi connectivity index (χ4n) is 12.5. The van der Waals surface area contributed by atoms with Crippen molar-refractivity contribution >= 4 is 63.2 Å². The third-order valence-corrected chi connectivity index (χ3v) is 17.4. The number of amides is 5. The molecule has 19 nitrogen and oxygen atoms in total. The Hall–Kier alpha value is -7.57. The van der Waals surface area contributed by atoms with Gasteiger partial charge < -0.3 is 48.7 Å². The fourth-order valence-corrected chi connectivity index (χ4v) is 12.5. The van der Waals surface area contributed by atoms with Gasteiger partial charge in [-0.25, -0.2) is 24.7 Å². The lowest BCUT2D eigenvalue weighted by molar-refractivity contribution is -0.128. The van der Waals surface area contributed by atoms with E-state index in [-0.39, 0.29) is 66.2 Å². The number of fused-ring (bicyclic) bond motifs is 6. The van der Waals surface area contributed by atoms with E-state index in [0.29, 0.717) is 55.5 Å². The van der Waals surface area contributed by atoms with E-state index in [1.54, 1.807) is 16.8 Å². The molecule has 3 saturated heterocycles. The molecule has 14 rings (SSSR count). The van der Waals surface area contributed by atoms with E-state index in [1.807, 2.05) is 89.6 Å². The van der Waals surface area contributed by atoms with Gasteiger partial charge in [0.1, 0.15) is 34.3 Å². The monoisotopic (exact) mass is 1040 g/mol. The number of ether oxygens (including phenoxy) is 3. The molecule has 8 aliphatic rings. The fraction of sp³-hybridized carbons (Fsp3) is 0.500. The number of rotatable bonds is 10. The number of hydrogen-bond donors (Lipinski definition) is 2.